The van der Waals surface area contributed by atoms with Gasteiger partial charge in [0.25, 0.3) is 0 Å². The van der Waals surface area contributed by atoms with Gasteiger partial charge in [-0.05, 0) is 37.5 Å². The van der Waals surface area contributed by atoms with Crippen LogP contribution < -0.4 is 9.47 Å². The number of hydrogen-bond acceptors (Lipinski definition) is 2. The van der Waals surface area contributed by atoms with Gasteiger partial charge in [-0.15, -0.1) is 0 Å². The third kappa shape index (κ3) is 3.85. The molecule has 2 heteroatoms. The summed E-state index contributed by atoms with van der Waals surface area (Å²) in [5, 5.41) is 0. The van der Waals surface area contributed by atoms with Crippen molar-refractivity contribution >= 4 is 0 Å². The van der Waals surface area contributed by atoms with Crippen molar-refractivity contribution in [3.8, 4) is 33.8 Å². The fraction of sp³-hybridized carbons (Fsp3) is 0.280. The number of hydrogen-bond donors (Lipinski definition) is 0. The van der Waals surface area contributed by atoms with E-state index in [4.69, 9.17) is 9.47 Å². The summed E-state index contributed by atoms with van der Waals surface area (Å²) in [6, 6.07) is 20.8. The molecule has 0 saturated carbocycles. The Morgan fingerprint density at radius 2 is 1.26 bits per heavy atom. The topological polar surface area (TPSA) is 18.5 Å². The molecular formula is C25H27O2. The second-order valence-corrected chi connectivity index (χ2v) is 6.90. The SMILES string of the molecule is CCCc1[c]c(-c2ccc(C)cc2)c(-c2ccc(C)cc2)c(OC)c1OC. The van der Waals surface area contributed by atoms with Crippen LogP contribution in [0.2, 0.25) is 0 Å². The highest BCUT2D eigenvalue weighted by Crippen LogP contribution is 2.47. The van der Waals surface area contributed by atoms with Crippen molar-refractivity contribution in [3.63, 3.8) is 0 Å². The molecule has 139 valence electrons. The number of ether oxygens (including phenoxy) is 2. The average Bonchev–Trinajstić information content (AvgIpc) is 2.68. The molecule has 27 heavy (non-hydrogen) atoms. The normalized spacial score (nSPS) is 10.7. The minimum Gasteiger partial charge on any atom is -0.493 e. The van der Waals surface area contributed by atoms with E-state index in [9.17, 15) is 0 Å². The average molecular weight is 359 g/mol. The molecule has 3 aromatic rings. The van der Waals surface area contributed by atoms with E-state index < -0.39 is 0 Å². The lowest BCUT2D eigenvalue weighted by atomic mass is 9.89. The molecular weight excluding hydrogens is 332 g/mol. The van der Waals surface area contributed by atoms with Gasteiger partial charge < -0.3 is 9.47 Å². The van der Waals surface area contributed by atoms with Gasteiger partial charge in [0.15, 0.2) is 11.5 Å². The number of benzene rings is 3. The van der Waals surface area contributed by atoms with Crippen LogP contribution in [0.15, 0.2) is 48.5 Å². The van der Waals surface area contributed by atoms with Gasteiger partial charge in [-0.1, -0.05) is 73.0 Å². The van der Waals surface area contributed by atoms with Crippen molar-refractivity contribution in [2.45, 2.75) is 33.6 Å². The highest BCUT2D eigenvalue weighted by Gasteiger charge is 2.22. The van der Waals surface area contributed by atoms with Crippen LogP contribution >= 0.6 is 0 Å². The Morgan fingerprint density at radius 3 is 1.74 bits per heavy atom. The van der Waals surface area contributed by atoms with E-state index in [1.54, 1.807) is 14.2 Å². The molecule has 0 aliphatic heterocycles. The number of rotatable bonds is 6. The van der Waals surface area contributed by atoms with Crippen LogP contribution in [0.5, 0.6) is 11.5 Å². The van der Waals surface area contributed by atoms with Crippen molar-refractivity contribution in [1.82, 2.24) is 0 Å². The zero-order valence-corrected chi connectivity index (χ0v) is 16.8. The van der Waals surface area contributed by atoms with Gasteiger partial charge in [-0.3, -0.25) is 0 Å². The van der Waals surface area contributed by atoms with Crippen LogP contribution in [0.3, 0.4) is 0 Å². The Kier molecular flexibility index (Phi) is 5.85. The lowest BCUT2D eigenvalue weighted by Gasteiger charge is -2.21. The zero-order valence-electron chi connectivity index (χ0n) is 16.8. The van der Waals surface area contributed by atoms with E-state index in [1.165, 1.54) is 11.1 Å². The Bertz CT molecular complexity index is 907. The summed E-state index contributed by atoms with van der Waals surface area (Å²) in [6.07, 6.45) is 1.92. The minimum atomic E-state index is 0.777. The van der Waals surface area contributed by atoms with Crippen molar-refractivity contribution in [2.75, 3.05) is 14.2 Å². The number of methoxy groups -OCH3 is 2. The second-order valence-electron chi connectivity index (χ2n) is 6.90. The van der Waals surface area contributed by atoms with E-state index in [-0.39, 0.29) is 0 Å². The Balaban J connectivity index is 2.35. The molecule has 3 rings (SSSR count). The molecule has 3 aromatic carbocycles. The van der Waals surface area contributed by atoms with Gasteiger partial charge in [0.05, 0.1) is 14.2 Å². The molecule has 0 heterocycles. The molecule has 2 nitrogen and oxygen atoms in total. The number of aryl methyl sites for hydroxylation is 3. The van der Waals surface area contributed by atoms with Crippen molar-refractivity contribution in [2.24, 2.45) is 0 Å². The molecule has 0 N–H and O–H groups in total. The lowest BCUT2D eigenvalue weighted by molar-refractivity contribution is 0.353. The molecule has 1 radical (unpaired) electrons. The molecule has 0 amide bonds. The van der Waals surface area contributed by atoms with E-state index in [1.807, 2.05) is 0 Å². The molecule has 0 fully saturated rings. The first-order valence-corrected chi connectivity index (χ1v) is 9.43. The standard InChI is InChI=1S/C25H27O2/c1-6-7-21-16-22(19-12-8-17(2)9-13-19)23(25(27-5)24(21)26-4)20-14-10-18(3)11-15-20/h8-15H,6-7H2,1-5H3. The fourth-order valence-electron chi connectivity index (χ4n) is 3.40. The van der Waals surface area contributed by atoms with Crippen molar-refractivity contribution < 1.29 is 9.47 Å². The van der Waals surface area contributed by atoms with Gasteiger partial charge >= 0.3 is 0 Å². The van der Waals surface area contributed by atoms with Crippen LogP contribution in [0, 0.1) is 19.9 Å². The third-order valence-electron chi connectivity index (χ3n) is 4.82. The molecule has 0 aliphatic rings. The Hall–Kier alpha value is -2.74. The molecule has 0 unspecified atom stereocenters. The van der Waals surface area contributed by atoms with E-state index in [0.29, 0.717) is 0 Å². The maximum absolute atomic E-state index is 5.88. The van der Waals surface area contributed by atoms with Crippen LogP contribution in [0.1, 0.15) is 30.0 Å². The first-order valence-electron chi connectivity index (χ1n) is 9.43. The highest BCUT2D eigenvalue weighted by molar-refractivity contribution is 5.90. The fourth-order valence-corrected chi connectivity index (χ4v) is 3.40. The first kappa shape index (κ1) is 19.0. The van der Waals surface area contributed by atoms with Gasteiger partial charge in [0.1, 0.15) is 0 Å². The predicted molar refractivity (Wildman–Crippen MR) is 113 cm³/mol. The molecule has 0 atom stereocenters. The summed E-state index contributed by atoms with van der Waals surface area (Å²) in [4.78, 5) is 0. The largest absolute Gasteiger partial charge is 0.493 e. The summed E-state index contributed by atoms with van der Waals surface area (Å²) >= 11 is 0. The maximum Gasteiger partial charge on any atom is 0.169 e. The molecule has 0 aromatic heterocycles. The molecule has 0 spiro atoms. The van der Waals surface area contributed by atoms with Gasteiger partial charge in [0.2, 0.25) is 0 Å². The summed E-state index contributed by atoms with van der Waals surface area (Å²) in [6.45, 7) is 6.36. The zero-order chi connectivity index (χ0) is 19.4. The quantitative estimate of drug-likeness (QED) is 0.506. The molecule has 0 saturated heterocycles. The van der Waals surface area contributed by atoms with Crippen LogP contribution in [-0.4, -0.2) is 14.2 Å². The second kappa shape index (κ2) is 8.30. The summed E-state index contributed by atoms with van der Waals surface area (Å²) in [7, 11) is 3.42. The maximum atomic E-state index is 5.88. The van der Waals surface area contributed by atoms with Crippen LogP contribution in [-0.2, 0) is 6.42 Å². The third-order valence-corrected chi connectivity index (χ3v) is 4.82. The predicted octanol–water partition coefficient (Wildman–Crippen LogP) is 6.41. The molecule has 0 bridgehead atoms. The van der Waals surface area contributed by atoms with Crippen LogP contribution in [0.25, 0.3) is 22.3 Å². The van der Waals surface area contributed by atoms with Gasteiger partial charge in [-0.25, -0.2) is 0 Å². The molecule has 0 aliphatic carbocycles. The Labute approximate surface area is 162 Å². The highest BCUT2D eigenvalue weighted by atomic mass is 16.5. The monoisotopic (exact) mass is 359 g/mol. The summed E-state index contributed by atoms with van der Waals surface area (Å²) < 4.78 is 11.6. The summed E-state index contributed by atoms with van der Waals surface area (Å²) in [5.74, 6) is 1.56. The first-order chi connectivity index (χ1) is 13.1. The van der Waals surface area contributed by atoms with E-state index in [2.05, 4.69) is 75.4 Å². The van der Waals surface area contributed by atoms with Gasteiger partial charge in [-0.2, -0.15) is 0 Å². The van der Waals surface area contributed by atoms with Crippen molar-refractivity contribution in [3.05, 3.63) is 71.3 Å². The van der Waals surface area contributed by atoms with Crippen LogP contribution in [0.4, 0.5) is 0 Å². The van der Waals surface area contributed by atoms with Crippen molar-refractivity contribution in [1.29, 1.82) is 0 Å². The minimum absolute atomic E-state index is 0.777. The Morgan fingerprint density at radius 1 is 0.741 bits per heavy atom. The van der Waals surface area contributed by atoms with Gasteiger partial charge in [0, 0.05) is 16.7 Å². The summed E-state index contributed by atoms with van der Waals surface area (Å²) in [5.41, 5.74) is 7.85. The smallest absolute Gasteiger partial charge is 0.169 e. The van der Waals surface area contributed by atoms with E-state index in [0.717, 1.165) is 52.2 Å². The lowest BCUT2D eigenvalue weighted by Crippen LogP contribution is -2.01. The van der Waals surface area contributed by atoms with E-state index >= 15 is 0 Å².